The molecule has 0 bridgehead atoms. The second kappa shape index (κ2) is 8.59. The molecule has 0 unspecified atom stereocenters. The number of rotatable bonds is 6. The average Bonchev–Trinajstić information content (AvgIpc) is 2.48. The van der Waals surface area contributed by atoms with Gasteiger partial charge in [-0.25, -0.2) is 0 Å². The van der Waals surface area contributed by atoms with Gasteiger partial charge < -0.3 is 20.1 Å². The highest BCUT2D eigenvalue weighted by Crippen LogP contribution is 2.36. The van der Waals surface area contributed by atoms with Crippen LogP contribution >= 0.6 is 11.6 Å². The van der Waals surface area contributed by atoms with E-state index in [-0.39, 0.29) is 23.9 Å². The highest BCUT2D eigenvalue weighted by atomic mass is 35.5. The molecule has 132 valence electrons. The van der Waals surface area contributed by atoms with Crippen molar-refractivity contribution in [3.8, 4) is 11.5 Å². The van der Waals surface area contributed by atoms with Gasteiger partial charge in [-0.15, -0.1) is 0 Å². The van der Waals surface area contributed by atoms with Gasteiger partial charge in [-0.1, -0.05) is 11.6 Å². The third kappa shape index (κ3) is 6.50. The van der Waals surface area contributed by atoms with Gasteiger partial charge in [-0.3, -0.25) is 9.59 Å². The van der Waals surface area contributed by atoms with E-state index in [9.17, 15) is 9.59 Å². The fraction of sp³-hybridized carbons (Fsp3) is 0.412. The van der Waals surface area contributed by atoms with Crippen molar-refractivity contribution >= 4 is 29.5 Å². The van der Waals surface area contributed by atoms with Crippen molar-refractivity contribution in [2.75, 3.05) is 20.8 Å². The second-order valence-electron chi connectivity index (χ2n) is 6.09. The molecule has 0 aliphatic heterocycles. The van der Waals surface area contributed by atoms with Crippen molar-refractivity contribution < 1.29 is 19.1 Å². The topological polar surface area (TPSA) is 76.7 Å². The lowest BCUT2D eigenvalue weighted by atomic mass is 10.1. The Kier molecular flexibility index (Phi) is 7.10. The minimum Gasteiger partial charge on any atom is -0.493 e. The van der Waals surface area contributed by atoms with Crippen LogP contribution in [0, 0.1) is 0 Å². The Balaban J connectivity index is 2.67. The van der Waals surface area contributed by atoms with Gasteiger partial charge in [0.25, 0.3) is 0 Å². The summed E-state index contributed by atoms with van der Waals surface area (Å²) in [7, 11) is 3.00. The van der Waals surface area contributed by atoms with E-state index in [1.165, 1.54) is 20.3 Å². The summed E-state index contributed by atoms with van der Waals surface area (Å²) in [5.74, 6) is 0.262. The van der Waals surface area contributed by atoms with E-state index >= 15 is 0 Å². The molecule has 0 atom stereocenters. The van der Waals surface area contributed by atoms with Crippen molar-refractivity contribution in [1.82, 2.24) is 10.6 Å². The number of amides is 2. The van der Waals surface area contributed by atoms with E-state index in [1.54, 1.807) is 18.2 Å². The lowest BCUT2D eigenvalue weighted by Gasteiger charge is -2.20. The van der Waals surface area contributed by atoms with Crippen LogP contribution in [0.3, 0.4) is 0 Å². The Bertz CT molecular complexity index is 636. The molecule has 0 saturated carbocycles. The quantitative estimate of drug-likeness (QED) is 0.769. The zero-order valence-corrected chi connectivity index (χ0v) is 15.3. The Hall–Kier alpha value is -2.21. The molecule has 0 heterocycles. The molecule has 0 fully saturated rings. The maximum Gasteiger partial charge on any atom is 0.244 e. The first kappa shape index (κ1) is 19.8. The van der Waals surface area contributed by atoms with Crippen LogP contribution in [-0.4, -0.2) is 38.1 Å². The number of methoxy groups -OCH3 is 2. The van der Waals surface area contributed by atoms with Crippen molar-refractivity contribution in [1.29, 1.82) is 0 Å². The predicted octanol–water partition coefficient (Wildman–Crippen LogP) is 2.40. The average molecular weight is 355 g/mol. The van der Waals surface area contributed by atoms with E-state index in [4.69, 9.17) is 21.1 Å². The van der Waals surface area contributed by atoms with Gasteiger partial charge in [-0.2, -0.15) is 0 Å². The predicted molar refractivity (Wildman–Crippen MR) is 94.5 cm³/mol. The van der Waals surface area contributed by atoms with Crippen LogP contribution in [0.2, 0.25) is 5.02 Å². The molecular weight excluding hydrogens is 332 g/mol. The molecule has 7 heteroatoms. The molecule has 0 aromatic heterocycles. The molecule has 6 nitrogen and oxygen atoms in total. The number of hydrogen-bond acceptors (Lipinski definition) is 4. The van der Waals surface area contributed by atoms with Crippen molar-refractivity contribution in [2.45, 2.75) is 26.3 Å². The van der Waals surface area contributed by atoms with Crippen molar-refractivity contribution in [3.63, 3.8) is 0 Å². The third-order valence-electron chi connectivity index (χ3n) is 2.82. The largest absolute Gasteiger partial charge is 0.493 e. The van der Waals surface area contributed by atoms with E-state index in [0.717, 1.165) is 0 Å². The fourth-order valence-electron chi connectivity index (χ4n) is 1.89. The van der Waals surface area contributed by atoms with Crippen LogP contribution in [-0.2, 0) is 9.59 Å². The number of benzene rings is 1. The number of hydrogen-bond donors (Lipinski definition) is 2. The summed E-state index contributed by atoms with van der Waals surface area (Å²) in [5, 5.41) is 5.65. The van der Waals surface area contributed by atoms with Gasteiger partial charge in [0.15, 0.2) is 11.5 Å². The number of halogens is 1. The lowest BCUT2D eigenvalue weighted by Crippen LogP contribution is -2.45. The van der Waals surface area contributed by atoms with E-state index in [1.807, 2.05) is 20.8 Å². The van der Waals surface area contributed by atoms with Gasteiger partial charge in [0.05, 0.1) is 25.8 Å². The first-order chi connectivity index (χ1) is 11.2. The normalized spacial score (nSPS) is 11.2. The van der Waals surface area contributed by atoms with Gasteiger partial charge in [-0.05, 0) is 44.5 Å². The van der Waals surface area contributed by atoms with Crippen molar-refractivity contribution in [2.24, 2.45) is 0 Å². The Morgan fingerprint density at radius 3 is 2.42 bits per heavy atom. The first-order valence-corrected chi connectivity index (χ1v) is 7.72. The van der Waals surface area contributed by atoms with Gasteiger partial charge in [0, 0.05) is 11.6 Å². The zero-order valence-electron chi connectivity index (χ0n) is 14.5. The smallest absolute Gasteiger partial charge is 0.244 e. The molecule has 0 aliphatic rings. The molecule has 0 spiro atoms. The summed E-state index contributed by atoms with van der Waals surface area (Å²) in [6.45, 7) is 5.52. The van der Waals surface area contributed by atoms with Crippen LogP contribution in [0.15, 0.2) is 18.2 Å². The zero-order chi connectivity index (χ0) is 18.3. The third-order valence-corrected chi connectivity index (χ3v) is 3.10. The second-order valence-corrected chi connectivity index (χ2v) is 6.49. The van der Waals surface area contributed by atoms with Crippen molar-refractivity contribution in [3.05, 3.63) is 28.8 Å². The van der Waals surface area contributed by atoms with E-state index in [2.05, 4.69) is 10.6 Å². The monoisotopic (exact) mass is 354 g/mol. The maximum absolute atomic E-state index is 11.8. The Labute approximate surface area is 147 Å². The fourth-order valence-corrected chi connectivity index (χ4v) is 2.19. The van der Waals surface area contributed by atoms with Crippen LogP contribution in [0.5, 0.6) is 11.5 Å². The Morgan fingerprint density at radius 1 is 1.21 bits per heavy atom. The van der Waals surface area contributed by atoms with Crippen LogP contribution in [0.25, 0.3) is 6.08 Å². The minimum absolute atomic E-state index is 0.0901. The van der Waals surface area contributed by atoms with Gasteiger partial charge in [0.1, 0.15) is 0 Å². The standard InChI is InChI=1S/C17H23ClN2O4/c1-17(2,3)20-15(22)10-19-14(21)7-6-11-8-12(18)16(24-5)13(9-11)23-4/h6-9H,10H2,1-5H3,(H,19,21)(H,20,22)/b7-6+. The number of nitrogens with one attached hydrogen (secondary N) is 2. The highest BCUT2D eigenvalue weighted by Gasteiger charge is 2.14. The first-order valence-electron chi connectivity index (χ1n) is 7.34. The maximum atomic E-state index is 11.8. The molecule has 0 saturated heterocycles. The summed E-state index contributed by atoms with van der Waals surface area (Å²) in [5.41, 5.74) is 0.334. The van der Waals surface area contributed by atoms with Gasteiger partial charge in [0.2, 0.25) is 11.8 Å². The summed E-state index contributed by atoms with van der Waals surface area (Å²) in [6, 6.07) is 3.35. The summed E-state index contributed by atoms with van der Waals surface area (Å²) in [6.07, 6.45) is 2.90. The molecule has 0 aliphatic carbocycles. The van der Waals surface area contributed by atoms with E-state index < -0.39 is 0 Å². The molecule has 1 rings (SSSR count). The molecule has 1 aromatic carbocycles. The van der Waals surface area contributed by atoms with E-state index in [0.29, 0.717) is 22.1 Å². The number of carbonyl (C=O) groups is 2. The molecule has 1 aromatic rings. The summed E-state index contributed by atoms with van der Waals surface area (Å²) in [4.78, 5) is 23.4. The Morgan fingerprint density at radius 2 is 1.88 bits per heavy atom. The molecule has 0 radical (unpaired) electrons. The highest BCUT2D eigenvalue weighted by molar-refractivity contribution is 6.32. The number of ether oxygens (including phenoxy) is 2. The van der Waals surface area contributed by atoms with Crippen LogP contribution < -0.4 is 20.1 Å². The molecule has 2 amide bonds. The summed E-state index contributed by atoms with van der Waals surface area (Å²) < 4.78 is 10.3. The molecule has 24 heavy (non-hydrogen) atoms. The molecule has 2 N–H and O–H groups in total. The number of carbonyl (C=O) groups excluding carboxylic acids is 2. The van der Waals surface area contributed by atoms with Crippen LogP contribution in [0.1, 0.15) is 26.3 Å². The minimum atomic E-state index is -0.384. The SMILES string of the molecule is COc1cc(/C=C/C(=O)NCC(=O)NC(C)(C)C)cc(Cl)c1OC. The molecular formula is C17H23ClN2O4. The van der Waals surface area contributed by atoms with Crippen LogP contribution in [0.4, 0.5) is 0 Å². The van der Waals surface area contributed by atoms with Gasteiger partial charge >= 0.3 is 0 Å². The summed E-state index contributed by atoms with van der Waals surface area (Å²) >= 11 is 6.10. The lowest BCUT2D eigenvalue weighted by molar-refractivity contribution is -0.124.